The molecule has 138 valence electrons. The van der Waals surface area contributed by atoms with Crippen LogP contribution in [0.15, 0.2) is 104 Å². The van der Waals surface area contributed by atoms with Crippen LogP contribution in [-0.2, 0) is 5.41 Å². The first-order valence-electron chi connectivity index (χ1n) is 9.67. The molecule has 0 fully saturated rings. The van der Waals surface area contributed by atoms with Crippen LogP contribution in [0.1, 0.15) is 22.4 Å². The molecule has 3 aromatic carbocycles. The summed E-state index contributed by atoms with van der Waals surface area (Å²) in [4.78, 5) is 4.21. The largest absolute Gasteiger partial charge is 0.306 e. The molecule has 5 aromatic rings. The van der Waals surface area contributed by atoms with Gasteiger partial charge in [-0.1, -0.05) is 60.7 Å². The SMILES string of the molecule is c1cc(-n2ccnc2)cc(C2(c3cc[nH]n3)c3ccccc3-c3ccccc32)c1. The molecule has 1 aliphatic carbocycles. The van der Waals surface area contributed by atoms with Crippen molar-refractivity contribution in [2.24, 2.45) is 0 Å². The third kappa shape index (κ3) is 2.14. The van der Waals surface area contributed by atoms with Crippen LogP contribution in [0, 0.1) is 0 Å². The molecule has 0 radical (unpaired) electrons. The average molecular weight is 374 g/mol. The van der Waals surface area contributed by atoms with E-state index in [1.807, 2.05) is 23.3 Å². The molecule has 6 rings (SSSR count). The van der Waals surface area contributed by atoms with Crippen molar-refractivity contribution in [3.63, 3.8) is 0 Å². The Balaban J connectivity index is 1.73. The number of benzene rings is 3. The standard InChI is InChI=1S/C25H18N4/c1-3-10-22-20(8-1)21-9-2-4-11-23(21)25(22,24-12-13-27-28-24)18-6-5-7-19(16-18)29-15-14-26-17-29/h1-17H,(H,27,28). The van der Waals surface area contributed by atoms with Crippen molar-refractivity contribution in [2.75, 3.05) is 0 Å². The summed E-state index contributed by atoms with van der Waals surface area (Å²) in [5.74, 6) is 0. The highest BCUT2D eigenvalue weighted by atomic mass is 15.1. The van der Waals surface area contributed by atoms with Crippen LogP contribution in [0.5, 0.6) is 0 Å². The van der Waals surface area contributed by atoms with Crippen molar-refractivity contribution in [1.82, 2.24) is 19.7 Å². The smallest absolute Gasteiger partial charge is 0.0991 e. The van der Waals surface area contributed by atoms with Gasteiger partial charge in [-0.05, 0) is 46.0 Å². The molecule has 2 aromatic heterocycles. The fourth-order valence-electron chi connectivity index (χ4n) is 4.75. The Labute approximate surface area is 168 Å². The van der Waals surface area contributed by atoms with Gasteiger partial charge in [0.2, 0.25) is 0 Å². The third-order valence-electron chi connectivity index (χ3n) is 5.92. The van der Waals surface area contributed by atoms with Crippen LogP contribution in [0.3, 0.4) is 0 Å². The maximum Gasteiger partial charge on any atom is 0.0991 e. The van der Waals surface area contributed by atoms with Gasteiger partial charge >= 0.3 is 0 Å². The van der Waals surface area contributed by atoms with Gasteiger partial charge in [-0.3, -0.25) is 5.10 Å². The molecular weight excluding hydrogens is 356 g/mol. The number of nitrogens with one attached hydrogen (secondary N) is 1. The molecule has 1 aliphatic rings. The second kappa shape index (κ2) is 6.04. The molecule has 29 heavy (non-hydrogen) atoms. The fraction of sp³-hybridized carbons (Fsp3) is 0.0400. The zero-order chi connectivity index (χ0) is 19.3. The second-order valence-corrected chi connectivity index (χ2v) is 7.32. The highest BCUT2D eigenvalue weighted by molar-refractivity contribution is 5.85. The van der Waals surface area contributed by atoms with Crippen molar-refractivity contribution in [3.05, 3.63) is 126 Å². The lowest BCUT2D eigenvalue weighted by molar-refractivity contribution is 0.727. The van der Waals surface area contributed by atoms with Crippen LogP contribution in [0.25, 0.3) is 16.8 Å². The lowest BCUT2D eigenvalue weighted by Crippen LogP contribution is -2.29. The molecule has 0 amide bonds. The summed E-state index contributed by atoms with van der Waals surface area (Å²) in [5.41, 5.74) is 7.84. The quantitative estimate of drug-likeness (QED) is 0.476. The molecule has 4 heteroatoms. The Morgan fingerprint density at radius 1 is 0.793 bits per heavy atom. The molecule has 0 saturated carbocycles. The van der Waals surface area contributed by atoms with E-state index < -0.39 is 5.41 Å². The van der Waals surface area contributed by atoms with Gasteiger partial charge in [0, 0.05) is 24.3 Å². The molecule has 4 nitrogen and oxygen atoms in total. The van der Waals surface area contributed by atoms with Crippen LogP contribution in [0.2, 0.25) is 0 Å². The number of aromatic amines is 1. The van der Waals surface area contributed by atoms with Crippen LogP contribution in [-0.4, -0.2) is 19.7 Å². The van der Waals surface area contributed by atoms with Crippen molar-refractivity contribution >= 4 is 0 Å². The summed E-state index contributed by atoms with van der Waals surface area (Å²) in [6, 6.07) is 28.1. The van der Waals surface area contributed by atoms with Gasteiger partial charge < -0.3 is 4.57 Å². The van der Waals surface area contributed by atoms with Crippen LogP contribution in [0.4, 0.5) is 0 Å². The summed E-state index contributed by atoms with van der Waals surface area (Å²) in [6.45, 7) is 0. The normalized spacial score (nSPS) is 13.8. The van der Waals surface area contributed by atoms with Crippen molar-refractivity contribution in [2.45, 2.75) is 5.41 Å². The molecule has 0 unspecified atom stereocenters. The minimum atomic E-state index is -0.468. The van der Waals surface area contributed by atoms with Gasteiger partial charge in [-0.15, -0.1) is 0 Å². The number of nitrogens with zero attached hydrogens (tertiary/aromatic N) is 3. The summed E-state index contributed by atoms with van der Waals surface area (Å²) in [7, 11) is 0. The summed E-state index contributed by atoms with van der Waals surface area (Å²) < 4.78 is 2.04. The number of imidazole rings is 1. The Morgan fingerprint density at radius 2 is 1.55 bits per heavy atom. The predicted octanol–water partition coefficient (Wildman–Crippen LogP) is 4.96. The summed E-state index contributed by atoms with van der Waals surface area (Å²) in [5, 5.41) is 7.73. The van der Waals surface area contributed by atoms with E-state index in [0.29, 0.717) is 0 Å². The highest BCUT2D eigenvalue weighted by Crippen LogP contribution is 2.55. The van der Waals surface area contributed by atoms with Gasteiger partial charge in [0.05, 0.1) is 17.4 Å². The summed E-state index contributed by atoms with van der Waals surface area (Å²) >= 11 is 0. The molecule has 0 spiro atoms. The van der Waals surface area contributed by atoms with E-state index in [2.05, 4.69) is 88.9 Å². The molecule has 0 aliphatic heterocycles. The minimum absolute atomic E-state index is 0.468. The first-order chi connectivity index (χ1) is 14.4. The first-order valence-corrected chi connectivity index (χ1v) is 9.67. The van der Waals surface area contributed by atoms with E-state index in [4.69, 9.17) is 5.10 Å². The van der Waals surface area contributed by atoms with Gasteiger partial charge in [-0.25, -0.2) is 4.98 Å². The Bertz CT molecular complexity index is 1250. The maximum atomic E-state index is 4.69. The Hall–Kier alpha value is -3.92. The van der Waals surface area contributed by atoms with Crippen LogP contribution >= 0.6 is 0 Å². The topological polar surface area (TPSA) is 46.5 Å². The van der Waals surface area contributed by atoms with Gasteiger partial charge in [0.15, 0.2) is 0 Å². The number of H-pyrrole nitrogens is 1. The van der Waals surface area contributed by atoms with Crippen molar-refractivity contribution in [1.29, 1.82) is 0 Å². The molecule has 0 bridgehead atoms. The molecule has 2 heterocycles. The van der Waals surface area contributed by atoms with Crippen molar-refractivity contribution in [3.8, 4) is 16.8 Å². The highest BCUT2D eigenvalue weighted by Gasteiger charge is 2.47. The molecule has 0 atom stereocenters. The number of hydrogen-bond acceptors (Lipinski definition) is 2. The van der Waals surface area contributed by atoms with Gasteiger partial charge in [0.25, 0.3) is 0 Å². The van der Waals surface area contributed by atoms with E-state index in [1.54, 1.807) is 6.20 Å². The van der Waals surface area contributed by atoms with Gasteiger partial charge in [-0.2, -0.15) is 5.10 Å². The zero-order valence-electron chi connectivity index (χ0n) is 15.7. The number of fused-ring (bicyclic) bond motifs is 3. The van der Waals surface area contributed by atoms with E-state index in [1.165, 1.54) is 27.8 Å². The lowest BCUT2D eigenvalue weighted by atomic mass is 9.70. The van der Waals surface area contributed by atoms with E-state index in [9.17, 15) is 0 Å². The second-order valence-electron chi connectivity index (χ2n) is 7.32. The fourth-order valence-corrected chi connectivity index (χ4v) is 4.75. The number of rotatable bonds is 3. The van der Waals surface area contributed by atoms with Crippen molar-refractivity contribution < 1.29 is 0 Å². The predicted molar refractivity (Wildman–Crippen MR) is 113 cm³/mol. The minimum Gasteiger partial charge on any atom is -0.306 e. The Kier molecular flexibility index (Phi) is 3.35. The van der Waals surface area contributed by atoms with E-state index in [-0.39, 0.29) is 0 Å². The maximum absolute atomic E-state index is 4.69. The number of aromatic nitrogens is 4. The number of hydrogen-bond donors (Lipinski definition) is 1. The first kappa shape index (κ1) is 16.1. The van der Waals surface area contributed by atoms with Crippen LogP contribution < -0.4 is 0 Å². The average Bonchev–Trinajstić information content (AvgIpc) is 3.53. The van der Waals surface area contributed by atoms with Gasteiger partial charge in [0.1, 0.15) is 0 Å². The monoisotopic (exact) mass is 374 g/mol. The van der Waals surface area contributed by atoms with E-state index >= 15 is 0 Å². The Morgan fingerprint density at radius 3 is 2.21 bits per heavy atom. The zero-order valence-corrected chi connectivity index (χ0v) is 15.7. The summed E-state index contributed by atoms with van der Waals surface area (Å²) in [6.07, 6.45) is 7.50. The molecular formula is C25H18N4. The molecule has 1 N–H and O–H groups in total. The molecule has 0 saturated heterocycles. The third-order valence-corrected chi connectivity index (χ3v) is 5.92. The lowest BCUT2D eigenvalue weighted by Gasteiger charge is -2.31. The van der Waals surface area contributed by atoms with E-state index in [0.717, 1.165) is 11.4 Å².